The van der Waals surface area contributed by atoms with Gasteiger partial charge in [-0.2, -0.15) is 0 Å². The van der Waals surface area contributed by atoms with Crippen LogP contribution in [0.25, 0.3) is 0 Å². The third kappa shape index (κ3) is 2.20. The molecule has 0 aromatic heterocycles. The SMILES string of the molecule is O=C(Cl)c1cccc(NBr)c1. The molecule has 1 aromatic rings. The van der Waals surface area contributed by atoms with Crippen LogP contribution in [0.4, 0.5) is 5.69 Å². The fourth-order valence-electron chi connectivity index (χ4n) is 0.700. The lowest BCUT2D eigenvalue weighted by Gasteiger charge is -1.97. The molecule has 1 rings (SSSR count). The number of nitrogens with one attached hydrogen (secondary N) is 1. The van der Waals surface area contributed by atoms with Gasteiger partial charge in [0.1, 0.15) is 0 Å². The molecule has 11 heavy (non-hydrogen) atoms. The van der Waals surface area contributed by atoms with Gasteiger partial charge in [-0.3, -0.25) is 4.79 Å². The van der Waals surface area contributed by atoms with E-state index in [1.54, 1.807) is 18.2 Å². The normalized spacial score (nSPS) is 9.27. The molecule has 4 heteroatoms. The van der Waals surface area contributed by atoms with E-state index in [9.17, 15) is 4.79 Å². The van der Waals surface area contributed by atoms with Crippen molar-refractivity contribution in [3.8, 4) is 0 Å². The number of carbonyl (C=O) groups excluding carboxylic acids is 1. The Morgan fingerprint density at radius 3 is 2.82 bits per heavy atom. The summed E-state index contributed by atoms with van der Waals surface area (Å²) in [6.07, 6.45) is 0. The predicted octanol–water partition coefficient (Wildman–Crippen LogP) is 2.79. The molecule has 0 aliphatic rings. The van der Waals surface area contributed by atoms with Gasteiger partial charge in [0.25, 0.3) is 5.24 Å². The first-order chi connectivity index (χ1) is 5.24. The van der Waals surface area contributed by atoms with E-state index >= 15 is 0 Å². The maximum Gasteiger partial charge on any atom is 0.252 e. The molecule has 0 saturated heterocycles. The van der Waals surface area contributed by atoms with Crippen LogP contribution in [0.15, 0.2) is 24.3 Å². The van der Waals surface area contributed by atoms with Crippen LogP contribution in [-0.2, 0) is 0 Å². The maximum absolute atomic E-state index is 10.6. The van der Waals surface area contributed by atoms with Gasteiger partial charge in [-0.15, -0.1) is 0 Å². The largest absolute Gasteiger partial charge is 0.322 e. The number of rotatable bonds is 2. The first-order valence-corrected chi connectivity index (χ1v) is 4.07. The fraction of sp³-hybridized carbons (Fsp3) is 0. The number of anilines is 1. The van der Waals surface area contributed by atoms with Crippen molar-refractivity contribution in [2.24, 2.45) is 0 Å². The standard InChI is InChI=1S/C7H5BrClNO/c8-10-6-3-1-2-5(4-6)7(9)11/h1-4,10H. The summed E-state index contributed by atoms with van der Waals surface area (Å²) < 4.78 is 2.72. The first kappa shape index (κ1) is 8.56. The molecular weight excluding hydrogens is 229 g/mol. The molecule has 0 amide bonds. The third-order valence-corrected chi connectivity index (χ3v) is 1.87. The smallest absolute Gasteiger partial charge is 0.252 e. The molecule has 2 nitrogen and oxygen atoms in total. The number of hydrogen-bond donors (Lipinski definition) is 1. The number of benzene rings is 1. The predicted molar refractivity (Wildman–Crippen MR) is 49.2 cm³/mol. The van der Waals surface area contributed by atoms with Crippen molar-refractivity contribution < 1.29 is 4.79 Å². The maximum atomic E-state index is 10.6. The molecule has 0 radical (unpaired) electrons. The zero-order valence-electron chi connectivity index (χ0n) is 5.47. The van der Waals surface area contributed by atoms with Gasteiger partial charge in [-0.25, -0.2) is 0 Å². The quantitative estimate of drug-likeness (QED) is 0.630. The average molecular weight is 234 g/mol. The minimum Gasteiger partial charge on any atom is -0.322 e. The van der Waals surface area contributed by atoms with Crippen molar-refractivity contribution in [1.82, 2.24) is 0 Å². The highest BCUT2D eigenvalue weighted by Gasteiger charge is 2.00. The van der Waals surface area contributed by atoms with Crippen LogP contribution >= 0.6 is 27.7 Å². The Morgan fingerprint density at radius 1 is 1.55 bits per heavy atom. The lowest BCUT2D eigenvalue weighted by molar-refractivity contribution is 0.108. The summed E-state index contributed by atoms with van der Waals surface area (Å²) in [5.74, 6) is 0. The second-order valence-corrected chi connectivity index (χ2v) is 2.69. The topological polar surface area (TPSA) is 29.1 Å². The van der Waals surface area contributed by atoms with Crippen molar-refractivity contribution in [3.05, 3.63) is 29.8 Å². The summed E-state index contributed by atoms with van der Waals surface area (Å²) in [6, 6.07) is 6.88. The van der Waals surface area contributed by atoms with Crippen molar-refractivity contribution >= 4 is 38.7 Å². The average Bonchev–Trinajstić information content (AvgIpc) is 2.05. The van der Waals surface area contributed by atoms with E-state index in [4.69, 9.17) is 11.6 Å². The highest BCUT2D eigenvalue weighted by atomic mass is 79.9. The molecule has 0 spiro atoms. The van der Waals surface area contributed by atoms with Gasteiger partial charge in [-0.1, -0.05) is 6.07 Å². The van der Waals surface area contributed by atoms with Crippen molar-refractivity contribution in [3.63, 3.8) is 0 Å². The van der Waals surface area contributed by atoms with E-state index in [0.717, 1.165) is 5.69 Å². The van der Waals surface area contributed by atoms with Crippen LogP contribution in [0.2, 0.25) is 0 Å². The summed E-state index contributed by atoms with van der Waals surface area (Å²) in [5, 5.41) is -0.449. The summed E-state index contributed by atoms with van der Waals surface area (Å²) in [6.45, 7) is 0. The Hall–Kier alpha value is -0.540. The van der Waals surface area contributed by atoms with Crippen LogP contribution < -0.4 is 4.34 Å². The van der Waals surface area contributed by atoms with Crippen LogP contribution in [0, 0.1) is 0 Å². The molecule has 58 valence electrons. The Kier molecular flexibility index (Phi) is 2.91. The zero-order valence-corrected chi connectivity index (χ0v) is 7.82. The van der Waals surface area contributed by atoms with Crippen LogP contribution in [0.1, 0.15) is 10.4 Å². The second kappa shape index (κ2) is 3.74. The minimum absolute atomic E-state index is 0.449. The molecule has 0 heterocycles. The van der Waals surface area contributed by atoms with Gasteiger partial charge in [0.2, 0.25) is 0 Å². The van der Waals surface area contributed by atoms with E-state index in [-0.39, 0.29) is 0 Å². The van der Waals surface area contributed by atoms with Crippen LogP contribution in [0.3, 0.4) is 0 Å². The van der Waals surface area contributed by atoms with Crippen molar-refractivity contribution in [2.75, 3.05) is 4.34 Å². The highest BCUT2D eigenvalue weighted by molar-refractivity contribution is 9.10. The summed E-state index contributed by atoms with van der Waals surface area (Å²) in [4.78, 5) is 10.6. The van der Waals surface area contributed by atoms with E-state index in [1.807, 2.05) is 6.07 Å². The number of carbonyl (C=O) groups is 1. The zero-order chi connectivity index (χ0) is 8.27. The second-order valence-electron chi connectivity index (χ2n) is 1.95. The monoisotopic (exact) mass is 233 g/mol. The molecule has 1 N–H and O–H groups in total. The molecule has 0 atom stereocenters. The van der Waals surface area contributed by atoms with Crippen molar-refractivity contribution in [2.45, 2.75) is 0 Å². The van der Waals surface area contributed by atoms with Crippen molar-refractivity contribution in [1.29, 1.82) is 0 Å². The molecule has 0 aliphatic heterocycles. The number of hydrogen-bond acceptors (Lipinski definition) is 2. The Morgan fingerprint density at radius 2 is 2.27 bits per heavy atom. The molecule has 0 saturated carbocycles. The lowest BCUT2D eigenvalue weighted by Crippen LogP contribution is -1.88. The summed E-state index contributed by atoms with van der Waals surface area (Å²) in [5.41, 5.74) is 1.28. The van der Waals surface area contributed by atoms with Gasteiger partial charge in [0.15, 0.2) is 0 Å². The summed E-state index contributed by atoms with van der Waals surface area (Å²) >= 11 is 8.29. The van der Waals surface area contributed by atoms with Gasteiger partial charge in [0, 0.05) is 27.4 Å². The molecular formula is C7H5BrClNO. The van der Waals surface area contributed by atoms with E-state index in [0.29, 0.717) is 5.56 Å². The fourth-order valence-corrected chi connectivity index (χ4v) is 1.06. The van der Waals surface area contributed by atoms with Gasteiger partial charge < -0.3 is 4.34 Å². The van der Waals surface area contributed by atoms with Crippen LogP contribution in [-0.4, -0.2) is 5.24 Å². The Balaban J connectivity index is 3.01. The number of halogens is 2. The van der Waals surface area contributed by atoms with Gasteiger partial charge >= 0.3 is 0 Å². The van der Waals surface area contributed by atoms with Gasteiger partial charge in [0.05, 0.1) is 0 Å². The van der Waals surface area contributed by atoms with Crippen LogP contribution in [0.5, 0.6) is 0 Å². The van der Waals surface area contributed by atoms with E-state index < -0.39 is 5.24 Å². The minimum atomic E-state index is -0.449. The van der Waals surface area contributed by atoms with Gasteiger partial charge in [-0.05, 0) is 29.8 Å². The summed E-state index contributed by atoms with van der Waals surface area (Å²) in [7, 11) is 0. The van der Waals surface area contributed by atoms with E-state index in [2.05, 4.69) is 20.5 Å². The highest BCUT2D eigenvalue weighted by Crippen LogP contribution is 2.13. The Bertz CT molecular complexity index is 277. The molecule has 1 aromatic carbocycles. The van der Waals surface area contributed by atoms with E-state index in [1.165, 1.54) is 0 Å². The Labute approximate surface area is 77.9 Å². The molecule has 0 aliphatic carbocycles. The molecule has 0 unspecified atom stereocenters. The lowest BCUT2D eigenvalue weighted by atomic mass is 10.2. The third-order valence-electron chi connectivity index (χ3n) is 1.20. The molecule has 0 bridgehead atoms. The first-order valence-electron chi connectivity index (χ1n) is 2.90. The molecule has 0 fully saturated rings.